The highest BCUT2D eigenvalue weighted by atomic mass is 127. The molecule has 0 aliphatic carbocycles. The minimum absolute atomic E-state index is 0. The first-order valence-electron chi connectivity index (χ1n) is 20.1. The van der Waals surface area contributed by atoms with E-state index < -0.39 is 0 Å². The zero-order chi connectivity index (χ0) is 32.6. The van der Waals surface area contributed by atoms with E-state index in [0.717, 1.165) is 0 Å². The molecule has 0 saturated carbocycles. The number of hydrogen-bond acceptors (Lipinski definition) is 2. The number of thioether (sulfide) groups is 2. The SMILES string of the molecule is CCCCCCCCCCCCCC[n+]1ccc(SCCCCSc2cc[n+](CCCCCCCCCCCCCC)cc2)cc1.[I-].[I-]. The van der Waals surface area contributed by atoms with Crippen LogP contribution in [0.1, 0.15) is 181 Å². The number of aryl methyl sites for hydroxylation is 2. The Balaban J connectivity index is 0.0000110. The van der Waals surface area contributed by atoms with Crippen LogP contribution < -0.4 is 57.1 Å². The number of aromatic nitrogens is 2. The average molecular weight is 925 g/mol. The Labute approximate surface area is 342 Å². The molecule has 48 heavy (non-hydrogen) atoms. The summed E-state index contributed by atoms with van der Waals surface area (Å²) in [6, 6.07) is 9.26. The van der Waals surface area contributed by atoms with Crippen molar-refractivity contribution in [3.8, 4) is 0 Å². The fourth-order valence-electron chi connectivity index (χ4n) is 6.23. The Hall–Kier alpha value is 0.460. The van der Waals surface area contributed by atoms with Gasteiger partial charge in [0, 0.05) is 46.9 Å². The fraction of sp³-hybridized carbons (Fsp3) is 0.762. The number of halogens is 2. The first-order chi connectivity index (χ1) is 22.8. The lowest BCUT2D eigenvalue weighted by Gasteiger charge is -2.04. The molecule has 0 fully saturated rings. The van der Waals surface area contributed by atoms with Crippen molar-refractivity contribution >= 4 is 23.5 Å². The van der Waals surface area contributed by atoms with Gasteiger partial charge in [0.25, 0.3) is 0 Å². The molecule has 0 aliphatic rings. The second-order valence-electron chi connectivity index (χ2n) is 13.7. The Morgan fingerprint density at radius 3 is 0.875 bits per heavy atom. The van der Waals surface area contributed by atoms with E-state index in [1.807, 2.05) is 23.5 Å². The maximum absolute atomic E-state index is 2.37. The molecule has 0 bridgehead atoms. The number of hydrogen-bond donors (Lipinski definition) is 0. The van der Waals surface area contributed by atoms with Crippen molar-refractivity contribution < 1.29 is 57.1 Å². The third-order valence-electron chi connectivity index (χ3n) is 9.34. The number of rotatable bonds is 33. The molecule has 0 aliphatic heterocycles. The first-order valence-corrected chi connectivity index (χ1v) is 22.0. The summed E-state index contributed by atoms with van der Waals surface area (Å²) >= 11 is 4.03. The summed E-state index contributed by atoms with van der Waals surface area (Å²) in [5.41, 5.74) is 0. The third-order valence-corrected chi connectivity index (χ3v) is 11.5. The Morgan fingerprint density at radius 1 is 0.354 bits per heavy atom. The van der Waals surface area contributed by atoms with E-state index in [-0.39, 0.29) is 48.0 Å². The molecule has 0 spiro atoms. The van der Waals surface area contributed by atoms with Crippen LogP contribution in [0.15, 0.2) is 58.8 Å². The van der Waals surface area contributed by atoms with Gasteiger partial charge in [-0.3, -0.25) is 0 Å². The van der Waals surface area contributed by atoms with Crippen molar-refractivity contribution in [2.75, 3.05) is 11.5 Å². The monoisotopic (exact) mass is 924 g/mol. The highest BCUT2D eigenvalue weighted by Gasteiger charge is 2.04. The average Bonchev–Trinajstić information content (AvgIpc) is 3.08. The summed E-state index contributed by atoms with van der Waals surface area (Å²) in [5.74, 6) is 2.44. The van der Waals surface area contributed by atoms with Crippen LogP contribution in [0.2, 0.25) is 0 Å². The van der Waals surface area contributed by atoms with Crippen LogP contribution in [-0.2, 0) is 13.1 Å². The number of unbranched alkanes of at least 4 members (excludes halogenated alkanes) is 23. The van der Waals surface area contributed by atoms with Crippen LogP contribution in [-0.4, -0.2) is 11.5 Å². The van der Waals surface area contributed by atoms with Crippen LogP contribution in [0.5, 0.6) is 0 Å². The fourth-order valence-corrected chi connectivity index (χ4v) is 8.03. The van der Waals surface area contributed by atoms with E-state index >= 15 is 0 Å². The van der Waals surface area contributed by atoms with Crippen molar-refractivity contribution in [2.24, 2.45) is 0 Å². The highest BCUT2D eigenvalue weighted by molar-refractivity contribution is 7.99. The van der Waals surface area contributed by atoms with E-state index in [4.69, 9.17) is 0 Å². The molecule has 2 aromatic heterocycles. The zero-order valence-corrected chi connectivity index (χ0v) is 37.2. The molecule has 0 aromatic carbocycles. The first kappa shape index (κ1) is 48.5. The Kier molecular flexibility index (Phi) is 37.6. The Morgan fingerprint density at radius 2 is 0.604 bits per heavy atom. The van der Waals surface area contributed by atoms with E-state index in [2.05, 4.69) is 72.0 Å². The summed E-state index contributed by atoms with van der Waals surface area (Å²) in [4.78, 5) is 2.83. The van der Waals surface area contributed by atoms with Crippen molar-refractivity contribution in [2.45, 2.75) is 204 Å². The summed E-state index contributed by atoms with van der Waals surface area (Å²) in [6.07, 6.45) is 45.8. The van der Waals surface area contributed by atoms with Gasteiger partial charge >= 0.3 is 0 Å². The lowest BCUT2D eigenvalue weighted by Crippen LogP contribution is -3.00. The quantitative estimate of drug-likeness (QED) is 0.0321. The smallest absolute Gasteiger partial charge is 0.169 e. The van der Waals surface area contributed by atoms with Crippen molar-refractivity contribution in [3.63, 3.8) is 0 Å². The number of nitrogens with zero attached hydrogens (tertiary/aromatic N) is 2. The maximum atomic E-state index is 2.37. The molecule has 0 unspecified atom stereocenters. The molecule has 0 radical (unpaired) electrons. The molecule has 0 atom stereocenters. The number of pyridine rings is 2. The second-order valence-corrected chi connectivity index (χ2v) is 16.1. The van der Waals surface area contributed by atoms with E-state index in [1.54, 1.807) is 0 Å². The molecule has 0 saturated heterocycles. The minimum Gasteiger partial charge on any atom is -1.00 e. The van der Waals surface area contributed by atoms with E-state index in [9.17, 15) is 0 Å². The van der Waals surface area contributed by atoms with Gasteiger partial charge < -0.3 is 48.0 Å². The summed E-state index contributed by atoms with van der Waals surface area (Å²) < 4.78 is 4.75. The largest absolute Gasteiger partial charge is 1.00 e. The van der Waals surface area contributed by atoms with E-state index in [1.165, 1.54) is 201 Å². The molecule has 2 heterocycles. The van der Waals surface area contributed by atoms with E-state index in [0.29, 0.717) is 0 Å². The third kappa shape index (κ3) is 29.1. The van der Waals surface area contributed by atoms with Crippen LogP contribution >= 0.6 is 23.5 Å². The van der Waals surface area contributed by atoms with Gasteiger partial charge in [0.1, 0.15) is 13.1 Å². The summed E-state index contributed by atoms with van der Waals surface area (Å²) in [7, 11) is 0. The molecule has 0 amide bonds. The zero-order valence-electron chi connectivity index (χ0n) is 31.3. The van der Waals surface area contributed by atoms with Crippen LogP contribution in [0.4, 0.5) is 0 Å². The standard InChI is InChI=1S/C42H74N2S2.2HI/c1-3-5-7-9-11-13-15-17-19-21-23-25-33-43-35-29-41(30-36-43)45-39-27-28-40-46-42-31-37-44(38-32-42)34-26-24-22-20-18-16-14-12-10-8-6-4-2;;/h29-32,35-38H,3-28,33-34,39-40H2,1-2H3;2*1H/q+2;;/p-2. The van der Waals surface area contributed by atoms with Crippen molar-refractivity contribution in [1.29, 1.82) is 0 Å². The molecule has 2 nitrogen and oxygen atoms in total. The predicted octanol–water partition coefficient (Wildman–Crippen LogP) is 7.34. The lowest BCUT2D eigenvalue weighted by molar-refractivity contribution is -0.697. The lowest BCUT2D eigenvalue weighted by atomic mass is 10.1. The van der Waals surface area contributed by atoms with Crippen LogP contribution in [0, 0.1) is 0 Å². The topological polar surface area (TPSA) is 7.76 Å². The summed E-state index contributed by atoms with van der Waals surface area (Å²) in [5, 5.41) is 0. The second kappa shape index (κ2) is 37.2. The molecule has 278 valence electrons. The molecule has 6 heteroatoms. The van der Waals surface area contributed by atoms with Gasteiger partial charge in [-0.25, -0.2) is 9.13 Å². The van der Waals surface area contributed by atoms with Crippen LogP contribution in [0.25, 0.3) is 0 Å². The molecular weight excluding hydrogens is 850 g/mol. The van der Waals surface area contributed by atoms with Crippen LogP contribution in [0.3, 0.4) is 0 Å². The molecule has 0 N–H and O–H groups in total. The minimum atomic E-state index is 0. The van der Waals surface area contributed by atoms with Crippen molar-refractivity contribution in [1.82, 2.24) is 0 Å². The molecule has 2 rings (SSSR count). The normalized spacial score (nSPS) is 11.0. The maximum Gasteiger partial charge on any atom is 0.169 e. The highest BCUT2D eigenvalue weighted by Crippen LogP contribution is 2.21. The van der Waals surface area contributed by atoms with Gasteiger partial charge in [-0.2, -0.15) is 0 Å². The Bertz CT molecular complexity index is 835. The molecular formula is C42H74I2N2S2. The van der Waals surface area contributed by atoms with Gasteiger partial charge in [0.05, 0.1) is 0 Å². The van der Waals surface area contributed by atoms with Gasteiger partial charge in [0.15, 0.2) is 24.8 Å². The molecule has 2 aromatic rings. The van der Waals surface area contributed by atoms with Gasteiger partial charge in [-0.1, -0.05) is 142 Å². The van der Waals surface area contributed by atoms with Gasteiger partial charge in [0.2, 0.25) is 0 Å². The predicted molar refractivity (Wildman–Crippen MR) is 206 cm³/mol. The van der Waals surface area contributed by atoms with Crippen molar-refractivity contribution in [3.05, 3.63) is 49.1 Å². The van der Waals surface area contributed by atoms with Gasteiger partial charge in [-0.15, -0.1) is 23.5 Å². The van der Waals surface area contributed by atoms with Gasteiger partial charge in [-0.05, 0) is 37.2 Å². The summed E-state index contributed by atoms with van der Waals surface area (Å²) in [6.45, 7) is 6.93.